The van der Waals surface area contributed by atoms with Gasteiger partial charge in [0.1, 0.15) is 4.90 Å². The Morgan fingerprint density at radius 3 is 2.24 bits per heavy atom. The molecule has 11 nitrogen and oxygen atoms in total. The quantitative estimate of drug-likeness (QED) is 0.462. The van der Waals surface area contributed by atoms with Crippen LogP contribution in [-0.4, -0.2) is 61.8 Å². The molecular formula is C16H23N7O4S2. The second-order valence-electron chi connectivity index (χ2n) is 7.59. The number of nitrogens with zero attached hydrogens (tertiary/aromatic N) is 3. The monoisotopic (exact) mass is 441 g/mol. The van der Waals surface area contributed by atoms with Gasteiger partial charge in [-0.15, -0.1) is 5.10 Å². The van der Waals surface area contributed by atoms with E-state index in [0.717, 1.165) is 25.7 Å². The van der Waals surface area contributed by atoms with Crippen LogP contribution in [0, 0.1) is 0 Å². The predicted molar refractivity (Wildman–Crippen MR) is 104 cm³/mol. The van der Waals surface area contributed by atoms with Crippen molar-refractivity contribution in [3.05, 3.63) is 17.7 Å². The molecule has 2 aliphatic rings. The molecule has 2 heterocycles. The summed E-state index contributed by atoms with van der Waals surface area (Å²) >= 11 is 0. The number of primary sulfonamides is 1. The fraction of sp³-hybridized carbons (Fsp3) is 0.562. The zero-order valence-electron chi connectivity index (χ0n) is 15.6. The zero-order chi connectivity index (χ0) is 20.8. The summed E-state index contributed by atoms with van der Waals surface area (Å²) in [6.07, 6.45) is 3.07. The normalized spacial score (nSPS) is 23.7. The highest BCUT2D eigenvalue weighted by Gasteiger charge is 2.39. The molecule has 0 atom stereocenters. The lowest BCUT2D eigenvalue weighted by Crippen LogP contribution is -2.51. The number of nitrogens with two attached hydrogens (primary N) is 2. The van der Waals surface area contributed by atoms with Crippen molar-refractivity contribution < 1.29 is 16.8 Å². The molecule has 29 heavy (non-hydrogen) atoms. The van der Waals surface area contributed by atoms with Crippen LogP contribution in [0.25, 0.3) is 11.4 Å². The van der Waals surface area contributed by atoms with Gasteiger partial charge in [0.05, 0.1) is 10.1 Å². The van der Waals surface area contributed by atoms with Crippen molar-refractivity contribution >= 4 is 19.9 Å². The van der Waals surface area contributed by atoms with Crippen molar-refractivity contribution in [3.8, 4) is 11.4 Å². The van der Waals surface area contributed by atoms with Gasteiger partial charge in [0.2, 0.25) is 10.0 Å². The lowest BCUT2D eigenvalue weighted by atomic mass is 9.80. The van der Waals surface area contributed by atoms with Crippen LogP contribution in [0.1, 0.15) is 37.2 Å². The van der Waals surface area contributed by atoms with Gasteiger partial charge in [0.25, 0.3) is 0 Å². The van der Waals surface area contributed by atoms with Gasteiger partial charge >= 0.3 is 0 Å². The Labute approximate surface area is 168 Å². The Morgan fingerprint density at radius 1 is 1.03 bits per heavy atom. The number of H-pyrrole nitrogens is 1. The Bertz CT molecular complexity index is 1100. The number of sulfonamides is 1. The first kappa shape index (κ1) is 20.3. The van der Waals surface area contributed by atoms with Crippen molar-refractivity contribution in [1.82, 2.24) is 25.9 Å². The van der Waals surface area contributed by atoms with E-state index in [4.69, 9.17) is 10.9 Å². The molecule has 2 aromatic rings. The number of sulfone groups is 1. The fourth-order valence-corrected chi connectivity index (χ4v) is 7.22. The second kappa shape index (κ2) is 7.40. The molecular weight excluding hydrogens is 418 g/mol. The minimum atomic E-state index is -4.40. The summed E-state index contributed by atoms with van der Waals surface area (Å²) in [6.45, 7) is 0.516. The van der Waals surface area contributed by atoms with Gasteiger partial charge < -0.3 is 11.1 Å². The molecule has 1 saturated heterocycles. The average Bonchev–Trinajstić information content (AvgIpc) is 3.13. The van der Waals surface area contributed by atoms with Crippen LogP contribution in [0.2, 0.25) is 0 Å². The van der Waals surface area contributed by atoms with Gasteiger partial charge in [-0.3, -0.25) is 0 Å². The highest BCUT2D eigenvalue weighted by molar-refractivity contribution is 7.94. The van der Waals surface area contributed by atoms with Gasteiger partial charge in [-0.25, -0.2) is 27.1 Å². The summed E-state index contributed by atoms with van der Waals surface area (Å²) in [6, 6.07) is 3.11. The Hall–Kier alpha value is -1.93. The lowest BCUT2D eigenvalue weighted by molar-refractivity contribution is 0.395. The molecule has 0 amide bonds. The fourth-order valence-electron chi connectivity index (χ4n) is 4.03. The molecule has 0 bridgehead atoms. The third kappa shape index (κ3) is 3.68. The van der Waals surface area contributed by atoms with Crippen LogP contribution in [0.5, 0.6) is 0 Å². The first-order chi connectivity index (χ1) is 13.7. The molecule has 1 saturated carbocycles. The maximum absolute atomic E-state index is 13.1. The number of aromatic amines is 1. The van der Waals surface area contributed by atoms with E-state index in [1.54, 1.807) is 6.07 Å². The van der Waals surface area contributed by atoms with Crippen LogP contribution in [0.15, 0.2) is 21.9 Å². The van der Waals surface area contributed by atoms with E-state index in [-0.39, 0.29) is 41.3 Å². The second-order valence-corrected chi connectivity index (χ2v) is 11.3. The molecule has 6 N–H and O–H groups in total. The number of hydrogen-bond donors (Lipinski definition) is 4. The predicted octanol–water partition coefficient (Wildman–Crippen LogP) is -0.755. The summed E-state index contributed by atoms with van der Waals surface area (Å²) in [5.74, 6) is 0.0696. The Kier molecular flexibility index (Phi) is 5.19. The molecule has 1 aromatic carbocycles. The lowest BCUT2D eigenvalue weighted by Gasteiger charge is -2.30. The Balaban J connectivity index is 1.97. The van der Waals surface area contributed by atoms with E-state index in [1.807, 2.05) is 0 Å². The highest BCUT2D eigenvalue weighted by Crippen LogP contribution is 2.42. The van der Waals surface area contributed by atoms with Gasteiger partial charge in [-0.1, -0.05) is 6.07 Å². The van der Waals surface area contributed by atoms with Gasteiger partial charge in [0, 0.05) is 24.7 Å². The number of benzene rings is 1. The van der Waals surface area contributed by atoms with Crippen LogP contribution in [0.4, 0.5) is 0 Å². The molecule has 1 aliphatic carbocycles. The van der Waals surface area contributed by atoms with E-state index in [1.165, 1.54) is 6.07 Å². The zero-order valence-corrected chi connectivity index (χ0v) is 17.2. The topological polar surface area (TPSA) is 187 Å². The van der Waals surface area contributed by atoms with Crippen LogP contribution in [-0.2, 0) is 19.9 Å². The molecule has 13 heteroatoms. The maximum Gasteiger partial charge on any atom is 0.240 e. The van der Waals surface area contributed by atoms with Crippen LogP contribution >= 0.6 is 0 Å². The number of hydrogen-bond acceptors (Lipinski definition) is 9. The van der Waals surface area contributed by atoms with Crippen molar-refractivity contribution in [2.45, 2.75) is 52.7 Å². The van der Waals surface area contributed by atoms with E-state index in [9.17, 15) is 16.8 Å². The van der Waals surface area contributed by atoms with Gasteiger partial charge in [-0.2, -0.15) is 0 Å². The molecule has 4 rings (SSSR count). The standard InChI is InChI=1S/C16H23N7O4S2/c17-10-3-1-9(2-4-10)12-5-6-13(28(24,25)11-7-19-8-11)15(29(18,26)27)14(12)16-20-22-23-21-16/h5-6,9-11,19H,1-4,7-8,17H2,(H2,18,26,27)(H,20,21,22,23)/t9-,10+. The minimum absolute atomic E-state index is 0.00229. The summed E-state index contributed by atoms with van der Waals surface area (Å²) in [4.78, 5) is -0.760. The number of tetrazole rings is 1. The van der Waals surface area contributed by atoms with Crippen molar-refractivity contribution in [2.75, 3.05) is 13.1 Å². The maximum atomic E-state index is 13.1. The average molecular weight is 442 g/mol. The van der Waals surface area contributed by atoms with E-state index in [0.29, 0.717) is 5.56 Å². The molecule has 0 unspecified atom stereocenters. The van der Waals surface area contributed by atoms with Crippen molar-refractivity contribution in [2.24, 2.45) is 10.9 Å². The van der Waals surface area contributed by atoms with Gasteiger partial charge in [-0.05, 0) is 53.7 Å². The molecule has 0 spiro atoms. The van der Waals surface area contributed by atoms with E-state index >= 15 is 0 Å². The first-order valence-electron chi connectivity index (χ1n) is 9.33. The SMILES string of the molecule is NS(=O)(=O)c1c(S(=O)(=O)C2CNC2)ccc([C@H]2CC[C@@H](N)CC2)c1-c1nnn[nH]1. The highest BCUT2D eigenvalue weighted by atomic mass is 32.2. The van der Waals surface area contributed by atoms with Crippen LogP contribution in [0.3, 0.4) is 0 Å². The third-order valence-electron chi connectivity index (χ3n) is 5.72. The molecule has 1 aromatic heterocycles. The van der Waals surface area contributed by atoms with Gasteiger partial charge in [0.15, 0.2) is 15.7 Å². The Morgan fingerprint density at radius 2 is 1.72 bits per heavy atom. The summed E-state index contributed by atoms with van der Waals surface area (Å²) in [5.41, 5.74) is 6.79. The van der Waals surface area contributed by atoms with Crippen molar-refractivity contribution in [3.63, 3.8) is 0 Å². The van der Waals surface area contributed by atoms with Crippen molar-refractivity contribution in [1.29, 1.82) is 0 Å². The van der Waals surface area contributed by atoms with E-state index in [2.05, 4.69) is 25.9 Å². The summed E-state index contributed by atoms with van der Waals surface area (Å²) in [7, 11) is -8.31. The van der Waals surface area contributed by atoms with Crippen LogP contribution < -0.4 is 16.2 Å². The molecule has 0 radical (unpaired) electrons. The third-order valence-corrected chi connectivity index (χ3v) is 9.01. The molecule has 2 fully saturated rings. The smallest absolute Gasteiger partial charge is 0.240 e. The minimum Gasteiger partial charge on any atom is -0.328 e. The number of rotatable bonds is 5. The summed E-state index contributed by atoms with van der Waals surface area (Å²) < 4.78 is 51.4. The molecule has 1 aliphatic heterocycles. The summed E-state index contributed by atoms with van der Waals surface area (Å²) in [5, 5.41) is 21.2. The molecule has 158 valence electrons. The number of aromatic nitrogens is 4. The number of nitrogens with one attached hydrogen (secondary N) is 2. The van der Waals surface area contributed by atoms with E-state index < -0.39 is 30.0 Å². The largest absolute Gasteiger partial charge is 0.328 e. The first-order valence-corrected chi connectivity index (χ1v) is 12.4.